The van der Waals surface area contributed by atoms with Crippen LogP contribution in [0.1, 0.15) is 51.0 Å². The van der Waals surface area contributed by atoms with Crippen LogP contribution in [0, 0.1) is 5.92 Å². The summed E-state index contributed by atoms with van der Waals surface area (Å²) in [6.07, 6.45) is 5.24. The van der Waals surface area contributed by atoms with Crippen LogP contribution in [0.15, 0.2) is 24.3 Å². The van der Waals surface area contributed by atoms with Crippen LogP contribution in [0.25, 0.3) is 0 Å². The topological polar surface area (TPSA) is 35.2 Å². The van der Waals surface area contributed by atoms with E-state index < -0.39 is 0 Å². The Kier molecular flexibility index (Phi) is 4.65. The highest BCUT2D eigenvalue weighted by Gasteiger charge is 2.25. The molecule has 1 aromatic carbocycles. The summed E-state index contributed by atoms with van der Waals surface area (Å²) in [6.45, 7) is 5.17. The Morgan fingerprint density at radius 3 is 2.78 bits per heavy atom. The van der Waals surface area contributed by atoms with E-state index in [0.29, 0.717) is 17.9 Å². The summed E-state index contributed by atoms with van der Waals surface area (Å²) in [5.41, 5.74) is 7.19. The SMILES string of the molecule is CC(C)c1cccc(OC2CCCCC2CN)c1. The van der Waals surface area contributed by atoms with E-state index in [4.69, 9.17) is 10.5 Å². The summed E-state index contributed by atoms with van der Waals surface area (Å²) in [4.78, 5) is 0. The highest BCUT2D eigenvalue weighted by atomic mass is 16.5. The predicted molar refractivity (Wildman–Crippen MR) is 76.0 cm³/mol. The summed E-state index contributed by atoms with van der Waals surface area (Å²) >= 11 is 0. The van der Waals surface area contributed by atoms with Crippen molar-refractivity contribution in [2.24, 2.45) is 11.7 Å². The van der Waals surface area contributed by atoms with E-state index >= 15 is 0 Å². The Morgan fingerprint density at radius 1 is 1.28 bits per heavy atom. The smallest absolute Gasteiger partial charge is 0.120 e. The standard InChI is InChI=1S/C16H25NO/c1-12(2)13-7-5-8-15(10-13)18-16-9-4-3-6-14(16)11-17/h5,7-8,10,12,14,16H,3-4,6,9,11,17H2,1-2H3. The molecule has 0 amide bonds. The molecule has 0 heterocycles. The fraction of sp³-hybridized carbons (Fsp3) is 0.625. The molecule has 1 aliphatic carbocycles. The van der Waals surface area contributed by atoms with Crippen molar-refractivity contribution in [1.82, 2.24) is 0 Å². The maximum Gasteiger partial charge on any atom is 0.120 e. The van der Waals surface area contributed by atoms with Crippen molar-refractivity contribution in [2.45, 2.75) is 51.6 Å². The van der Waals surface area contributed by atoms with Gasteiger partial charge in [0, 0.05) is 5.92 Å². The minimum atomic E-state index is 0.311. The first-order chi connectivity index (χ1) is 8.70. The highest BCUT2D eigenvalue weighted by Crippen LogP contribution is 2.29. The largest absolute Gasteiger partial charge is 0.490 e. The zero-order valence-electron chi connectivity index (χ0n) is 11.6. The van der Waals surface area contributed by atoms with E-state index in [2.05, 4.69) is 38.1 Å². The molecule has 1 fully saturated rings. The summed E-state index contributed by atoms with van der Waals surface area (Å²) < 4.78 is 6.17. The van der Waals surface area contributed by atoms with Crippen molar-refractivity contribution in [3.63, 3.8) is 0 Å². The fourth-order valence-corrected chi connectivity index (χ4v) is 2.72. The second-order valence-electron chi connectivity index (χ2n) is 5.66. The molecule has 18 heavy (non-hydrogen) atoms. The van der Waals surface area contributed by atoms with Gasteiger partial charge >= 0.3 is 0 Å². The molecule has 2 atom stereocenters. The van der Waals surface area contributed by atoms with Gasteiger partial charge in [-0.1, -0.05) is 32.4 Å². The van der Waals surface area contributed by atoms with Gasteiger partial charge in [0.25, 0.3) is 0 Å². The van der Waals surface area contributed by atoms with Crippen molar-refractivity contribution >= 4 is 0 Å². The molecule has 1 aromatic rings. The Labute approximate surface area is 111 Å². The van der Waals surface area contributed by atoms with Crippen LogP contribution in [0.5, 0.6) is 5.75 Å². The van der Waals surface area contributed by atoms with E-state index in [1.54, 1.807) is 0 Å². The molecular formula is C16H25NO. The van der Waals surface area contributed by atoms with Crippen LogP contribution >= 0.6 is 0 Å². The van der Waals surface area contributed by atoms with Gasteiger partial charge in [-0.3, -0.25) is 0 Å². The Bertz CT molecular complexity index is 375. The molecule has 2 heteroatoms. The van der Waals surface area contributed by atoms with Crippen LogP contribution in [0.2, 0.25) is 0 Å². The van der Waals surface area contributed by atoms with Gasteiger partial charge in [0.1, 0.15) is 11.9 Å². The zero-order chi connectivity index (χ0) is 13.0. The summed E-state index contributed by atoms with van der Waals surface area (Å²) in [7, 11) is 0. The van der Waals surface area contributed by atoms with Gasteiger partial charge in [-0.2, -0.15) is 0 Å². The van der Waals surface area contributed by atoms with E-state index in [1.165, 1.54) is 24.8 Å². The van der Waals surface area contributed by atoms with E-state index in [9.17, 15) is 0 Å². The number of hydrogen-bond donors (Lipinski definition) is 1. The molecule has 2 N–H and O–H groups in total. The Balaban J connectivity index is 2.05. The number of nitrogens with two attached hydrogens (primary N) is 1. The number of ether oxygens (including phenoxy) is 1. The molecule has 2 unspecified atom stereocenters. The average Bonchev–Trinajstić information content (AvgIpc) is 2.39. The third-order valence-electron chi connectivity index (χ3n) is 3.95. The van der Waals surface area contributed by atoms with Crippen LogP contribution < -0.4 is 10.5 Å². The van der Waals surface area contributed by atoms with Gasteiger partial charge in [-0.05, 0) is 49.4 Å². The van der Waals surface area contributed by atoms with Crippen molar-refractivity contribution in [3.8, 4) is 5.75 Å². The summed E-state index contributed by atoms with van der Waals surface area (Å²) in [6, 6.07) is 8.49. The molecule has 0 aliphatic heterocycles. The van der Waals surface area contributed by atoms with Gasteiger partial charge in [0.15, 0.2) is 0 Å². The first-order valence-electron chi connectivity index (χ1n) is 7.17. The van der Waals surface area contributed by atoms with Gasteiger partial charge in [0.05, 0.1) is 0 Å². The minimum Gasteiger partial charge on any atom is -0.490 e. The van der Waals surface area contributed by atoms with Crippen LogP contribution in [0.4, 0.5) is 0 Å². The normalized spacial score (nSPS) is 24.2. The Morgan fingerprint density at radius 2 is 2.06 bits per heavy atom. The molecule has 0 saturated heterocycles. The second kappa shape index (κ2) is 6.24. The Hall–Kier alpha value is -1.02. The molecule has 2 nitrogen and oxygen atoms in total. The van der Waals surface area contributed by atoms with Crippen molar-refractivity contribution in [2.75, 3.05) is 6.54 Å². The van der Waals surface area contributed by atoms with Gasteiger partial charge in [-0.25, -0.2) is 0 Å². The lowest BCUT2D eigenvalue weighted by Gasteiger charge is -2.31. The molecule has 100 valence electrons. The lowest BCUT2D eigenvalue weighted by molar-refractivity contribution is 0.0969. The monoisotopic (exact) mass is 247 g/mol. The first kappa shape index (κ1) is 13.4. The molecule has 0 bridgehead atoms. The molecule has 1 saturated carbocycles. The lowest BCUT2D eigenvalue weighted by Crippen LogP contribution is -2.35. The second-order valence-corrected chi connectivity index (χ2v) is 5.66. The average molecular weight is 247 g/mol. The van der Waals surface area contributed by atoms with Crippen LogP contribution in [-0.2, 0) is 0 Å². The van der Waals surface area contributed by atoms with Gasteiger partial charge < -0.3 is 10.5 Å². The number of rotatable bonds is 4. The van der Waals surface area contributed by atoms with Gasteiger partial charge in [-0.15, -0.1) is 0 Å². The molecule has 0 spiro atoms. The minimum absolute atomic E-state index is 0.311. The van der Waals surface area contributed by atoms with E-state index in [-0.39, 0.29) is 0 Å². The third-order valence-corrected chi connectivity index (χ3v) is 3.95. The molecule has 1 aliphatic rings. The molecule has 2 rings (SSSR count). The first-order valence-corrected chi connectivity index (χ1v) is 7.17. The van der Waals surface area contributed by atoms with E-state index in [0.717, 1.165) is 18.7 Å². The molecule has 0 aromatic heterocycles. The van der Waals surface area contributed by atoms with Gasteiger partial charge in [0.2, 0.25) is 0 Å². The maximum atomic E-state index is 6.17. The zero-order valence-corrected chi connectivity index (χ0v) is 11.6. The number of hydrogen-bond acceptors (Lipinski definition) is 2. The molecular weight excluding hydrogens is 222 g/mol. The highest BCUT2D eigenvalue weighted by molar-refractivity contribution is 5.30. The van der Waals surface area contributed by atoms with Crippen LogP contribution in [-0.4, -0.2) is 12.6 Å². The van der Waals surface area contributed by atoms with Crippen molar-refractivity contribution in [1.29, 1.82) is 0 Å². The predicted octanol–water partition coefficient (Wildman–Crippen LogP) is 3.71. The summed E-state index contributed by atoms with van der Waals surface area (Å²) in [5.74, 6) is 2.08. The molecule has 0 radical (unpaired) electrons. The lowest BCUT2D eigenvalue weighted by atomic mass is 9.86. The number of benzene rings is 1. The fourth-order valence-electron chi connectivity index (χ4n) is 2.72. The maximum absolute atomic E-state index is 6.17. The third kappa shape index (κ3) is 3.26. The summed E-state index contributed by atoms with van der Waals surface area (Å²) in [5, 5.41) is 0. The quantitative estimate of drug-likeness (QED) is 0.880. The van der Waals surface area contributed by atoms with Crippen molar-refractivity contribution < 1.29 is 4.74 Å². The van der Waals surface area contributed by atoms with Crippen LogP contribution in [0.3, 0.4) is 0 Å². The van der Waals surface area contributed by atoms with Crippen molar-refractivity contribution in [3.05, 3.63) is 29.8 Å². The van der Waals surface area contributed by atoms with E-state index in [1.807, 2.05) is 0 Å².